The number of hydrogen-bond donors (Lipinski definition) is 2. The second-order valence-electron chi connectivity index (χ2n) is 3.49. The van der Waals surface area contributed by atoms with Gasteiger partial charge in [-0.25, -0.2) is 14.2 Å². The molecule has 18 heavy (non-hydrogen) atoms. The lowest BCUT2D eigenvalue weighted by atomic mass is 10.2. The normalized spacial score (nSPS) is 10.1. The average Bonchev–Trinajstić information content (AvgIpc) is 2.33. The topological polar surface area (TPSA) is 62.2 Å². The third-order valence-electron chi connectivity index (χ3n) is 2.20. The molecular formula is C12H8ClFN2O2. The molecule has 0 saturated carbocycles. The van der Waals surface area contributed by atoms with Crippen LogP contribution in [-0.4, -0.2) is 16.1 Å². The molecule has 92 valence electrons. The molecule has 0 spiro atoms. The summed E-state index contributed by atoms with van der Waals surface area (Å²) in [5.41, 5.74) is 0.583. The lowest BCUT2D eigenvalue weighted by Gasteiger charge is -2.07. The van der Waals surface area contributed by atoms with Crippen LogP contribution in [0.4, 0.5) is 15.9 Å². The van der Waals surface area contributed by atoms with E-state index >= 15 is 0 Å². The van der Waals surface area contributed by atoms with Crippen molar-refractivity contribution in [3.05, 3.63) is 52.9 Å². The van der Waals surface area contributed by atoms with Crippen LogP contribution >= 0.6 is 11.6 Å². The molecule has 2 aromatic rings. The number of carbonyl (C=O) groups is 1. The Morgan fingerprint density at radius 1 is 1.33 bits per heavy atom. The summed E-state index contributed by atoms with van der Waals surface area (Å²) in [6.45, 7) is 0. The first-order valence-electron chi connectivity index (χ1n) is 4.97. The zero-order valence-electron chi connectivity index (χ0n) is 9.02. The molecule has 0 aliphatic rings. The third-order valence-corrected chi connectivity index (χ3v) is 2.52. The lowest BCUT2D eigenvalue weighted by Crippen LogP contribution is -1.99. The van der Waals surface area contributed by atoms with Crippen LogP contribution in [0.2, 0.25) is 5.02 Å². The average molecular weight is 267 g/mol. The molecule has 4 nitrogen and oxygen atoms in total. The summed E-state index contributed by atoms with van der Waals surface area (Å²) >= 11 is 5.84. The molecule has 2 N–H and O–H groups in total. The molecule has 0 aliphatic heterocycles. The highest BCUT2D eigenvalue weighted by atomic mass is 35.5. The van der Waals surface area contributed by atoms with Gasteiger partial charge in [0.15, 0.2) is 0 Å². The Balaban J connectivity index is 2.21. The molecule has 0 amide bonds. The second kappa shape index (κ2) is 5.01. The Hall–Kier alpha value is -2.14. The minimum Gasteiger partial charge on any atom is -0.478 e. The number of aromatic carboxylic acids is 1. The fourth-order valence-corrected chi connectivity index (χ4v) is 1.54. The van der Waals surface area contributed by atoms with Crippen molar-refractivity contribution in [1.82, 2.24) is 4.98 Å². The first-order chi connectivity index (χ1) is 8.56. The molecule has 2 rings (SSSR count). The number of anilines is 2. The minimum atomic E-state index is -1.05. The van der Waals surface area contributed by atoms with Gasteiger partial charge in [0.2, 0.25) is 0 Å². The summed E-state index contributed by atoms with van der Waals surface area (Å²) in [6, 6.07) is 6.83. The van der Waals surface area contributed by atoms with Crippen molar-refractivity contribution in [2.75, 3.05) is 5.32 Å². The summed E-state index contributed by atoms with van der Waals surface area (Å²) in [6.07, 6.45) is 1.22. The quantitative estimate of drug-likeness (QED) is 0.895. The Bertz CT molecular complexity index is 587. The van der Waals surface area contributed by atoms with E-state index in [1.807, 2.05) is 0 Å². The highest BCUT2D eigenvalue weighted by molar-refractivity contribution is 6.33. The van der Waals surface area contributed by atoms with Gasteiger partial charge in [-0.1, -0.05) is 11.6 Å². The number of aromatic nitrogens is 1. The zero-order chi connectivity index (χ0) is 13.1. The van der Waals surface area contributed by atoms with Crippen LogP contribution in [-0.2, 0) is 0 Å². The largest absolute Gasteiger partial charge is 0.478 e. The van der Waals surface area contributed by atoms with Gasteiger partial charge in [-0.3, -0.25) is 0 Å². The Kier molecular flexibility index (Phi) is 3.43. The SMILES string of the molecule is O=C(O)c1ccc(Nc2ccc(F)cc2Cl)nc1. The zero-order valence-corrected chi connectivity index (χ0v) is 9.78. The third kappa shape index (κ3) is 2.75. The first kappa shape index (κ1) is 12.3. The van der Waals surface area contributed by atoms with Gasteiger partial charge in [-0.2, -0.15) is 0 Å². The van der Waals surface area contributed by atoms with E-state index in [1.54, 1.807) is 0 Å². The van der Waals surface area contributed by atoms with E-state index in [1.165, 1.54) is 36.5 Å². The van der Waals surface area contributed by atoms with Gasteiger partial charge in [0.1, 0.15) is 11.6 Å². The fraction of sp³-hybridized carbons (Fsp3) is 0. The molecule has 1 aromatic heterocycles. The summed E-state index contributed by atoms with van der Waals surface area (Å²) in [7, 11) is 0. The number of carboxylic acid groups (broad SMARTS) is 1. The van der Waals surface area contributed by atoms with E-state index in [0.29, 0.717) is 11.5 Å². The van der Waals surface area contributed by atoms with Crippen molar-refractivity contribution in [3.8, 4) is 0 Å². The van der Waals surface area contributed by atoms with Crippen molar-refractivity contribution < 1.29 is 14.3 Å². The predicted octanol–water partition coefficient (Wildman–Crippen LogP) is 3.32. The van der Waals surface area contributed by atoms with Crippen LogP contribution in [0.5, 0.6) is 0 Å². The van der Waals surface area contributed by atoms with Crippen LogP contribution in [0, 0.1) is 5.82 Å². The summed E-state index contributed by atoms with van der Waals surface area (Å²) in [5, 5.41) is 11.8. The predicted molar refractivity (Wildman–Crippen MR) is 65.9 cm³/mol. The number of nitrogens with one attached hydrogen (secondary N) is 1. The molecule has 1 heterocycles. The van der Waals surface area contributed by atoms with E-state index in [-0.39, 0.29) is 10.6 Å². The van der Waals surface area contributed by atoms with Crippen molar-refractivity contribution in [3.63, 3.8) is 0 Å². The number of rotatable bonds is 3. The van der Waals surface area contributed by atoms with E-state index in [0.717, 1.165) is 0 Å². The van der Waals surface area contributed by atoms with Gasteiger partial charge >= 0.3 is 5.97 Å². The summed E-state index contributed by atoms with van der Waals surface area (Å²) in [5.74, 6) is -1.05. The van der Waals surface area contributed by atoms with Gasteiger partial charge < -0.3 is 10.4 Å². The van der Waals surface area contributed by atoms with Crippen molar-refractivity contribution in [1.29, 1.82) is 0 Å². The Labute approximate surface area is 107 Å². The Morgan fingerprint density at radius 3 is 2.67 bits per heavy atom. The molecule has 0 saturated heterocycles. The monoisotopic (exact) mass is 266 g/mol. The minimum absolute atomic E-state index is 0.0887. The van der Waals surface area contributed by atoms with Gasteiger partial charge in [0.05, 0.1) is 16.3 Å². The summed E-state index contributed by atoms with van der Waals surface area (Å²) in [4.78, 5) is 14.6. The number of carboxylic acids is 1. The number of benzene rings is 1. The molecule has 1 aromatic carbocycles. The van der Waals surface area contributed by atoms with Crippen LogP contribution < -0.4 is 5.32 Å². The van der Waals surface area contributed by atoms with Crippen molar-refractivity contribution in [2.45, 2.75) is 0 Å². The fourth-order valence-electron chi connectivity index (χ4n) is 1.32. The van der Waals surface area contributed by atoms with Gasteiger partial charge in [0, 0.05) is 6.20 Å². The van der Waals surface area contributed by atoms with E-state index < -0.39 is 11.8 Å². The molecule has 0 radical (unpaired) electrons. The number of pyridine rings is 1. The van der Waals surface area contributed by atoms with E-state index in [2.05, 4.69) is 10.3 Å². The van der Waals surface area contributed by atoms with E-state index in [9.17, 15) is 9.18 Å². The molecule has 0 fully saturated rings. The standard InChI is InChI=1S/C12H8ClFN2O2/c13-9-5-8(14)2-3-10(9)16-11-4-1-7(6-15-11)12(17)18/h1-6H,(H,15,16)(H,17,18). The Morgan fingerprint density at radius 2 is 2.11 bits per heavy atom. The highest BCUT2D eigenvalue weighted by Crippen LogP contribution is 2.25. The van der Waals surface area contributed by atoms with Gasteiger partial charge in [-0.05, 0) is 30.3 Å². The van der Waals surface area contributed by atoms with Gasteiger partial charge in [-0.15, -0.1) is 0 Å². The maximum Gasteiger partial charge on any atom is 0.337 e. The smallest absolute Gasteiger partial charge is 0.337 e. The van der Waals surface area contributed by atoms with Gasteiger partial charge in [0.25, 0.3) is 0 Å². The molecular weight excluding hydrogens is 259 g/mol. The molecule has 0 unspecified atom stereocenters. The van der Waals surface area contributed by atoms with Crippen molar-refractivity contribution in [2.24, 2.45) is 0 Å². The number of nitrogens with zero attached hydrogens (tertiary/aromatic N) is 1. The maximum absolute atomic E-state index is 12.8. The molecule has 0 bridgehead atoms. The van der Waals surface area contributed by atoms with Crippen LogP contribution in [0.3, 0.4) is 0 Å². The molecule has 0 aliphatic carbocycles. The van der Waals surface area contributed by atoms with Crippen LogP contribution in [0.15, 0.2) is 36.5 Å². The van der Waals surface area contributed by atoms with Crippen LogP contribution in [0.25, 0.3) is 0 Å². The number of halogens is 2. The number of hydrogen-bond acceptors (Lipinski definition) is 3. The lowest BCUT2D eigenvalue weighted by molar-refractivity contribution is 0.0696. The van der Waals surface area contributed by atoms with Crippen LogP contribution in [0.1, 0.15) is 10.4 Å². The molecule has 6 heteroatoms. The van der Waals surface area contributed by atoms with Crippen molar-refractivity contribution >= 4 is 29.1 Å². The molecule has 0 atom stereocenters. The highest BCUT2D eigenvalue weighted by Gasteiger charge is 2.05. The van der Waals surface area contributed by atoms with E-state index in [4.69, 9.17) is 16.7 Å². The first-order valence-corrected chi connectivity index (χ1v) is 5.35. The summed E-state index contributed by atoms with van der Waals surface area (Å²) < 4.78 is 12.8. The maximum atomic E-state index is 12.8. The second-order valence-corrected chi connectivity index (χ2v) is 3.89.